The molecule has 2 unspecified atom stereocenters. The molecule has 2 aliphatic rings. The van der Waals surface area contributed by atoms with Gasteiger partial charge in [-0.15, -0.1) is 0 Å². The van der Waals surface area contributed by atoms with Crippen molar-refractivity contribution in [2.45, 2.75) is 24.4 Å². The number of carbonyl (C=O) groups is 2. The highest BCUT2D eigenvalue weighted by Crippen LogP contribution is 2.60. The van der Waals surface area contributed by atoms with Gasteiger partial charge in [-0.2, -0.15) is 13.2 Å². The molecule has 30 heavy (non-hydrogen) atoms. The summed E-state index contributed by atoms with van der Waals surface area (Å²) in [4.78, 5) is 32.5. The van der Waals surface area contributed by atoms with Crippen LogP contribution >= 0.6 is 0 Å². The van der Waals surface area contributed by atoms with E-state index in [0.29, 0.717) is 6.07 Å². The monoisotopic (exact) mass is 424 g/mol. The van der Waals surface area contributed by atoms with Gasteiger partial charge in [0, 0.05) is 17.2 Å². The van der Waals surface area contributed by atoms with E-state index in [1.165, 1.54) is 26.1 Å². The van der Waals surface area contributed by atoms with Gasteiger partial charge in [-0.25, -0.2) is 0 Å². The van der Waals surface area contributed by atoms with Crippen molar-refractivity contribution >= 4 is 17.8 Å². The number of ketones is 1. The number of hydrogen-bond acceptors (Lipinski definition) is 7. The number of halogens is 3. The number of rotatable bonds is 2. The number of fused-ring (bicyclic) bond motifs is 5. The molecule has 2 aromatic carbocycles. The van der Waals surface area contributed by atoms with Gasteiger partial charge in [0.25, 0.3) is 11.5 Å². The minimum absolute atomic E-state index is 0.0315. The largest absolute Gasteiger partial charge is 0.455 e. The Labute approximate surface area is 167 Å². The fourth-order valence-corrected chi connectivity index (χ4v) is 3.88. The molecule has 8 nitrogen and oxygen atoms in total. The van der Waals surface area contributed by atoms with Gasteiger partial charge in [-0.3, -0.25) is 20.2 Å². The normalized spacial score (nSPS) is 23.5. The van der Waals surface area contributed by atoms with E-state index in [1.807, 2.05) is 0 Å². The molecule has 2 N–H and O–H groups in total. The molecular formula is C19H15F3N2O6. The average molecular weight is 424 g/mol. The number of Topliss-reactive ketones (excluding diaryl/α,β-unsaturated/α-hetero) is 1. The van der Waals surface area contributed by atoms with Gasteiger partial charge in [0.15, 0.2) is 11.3 Å². The van der Waals surface area contributed by atoms with Crippen LogP contribution in [-0.2, 0) is 22.3 Å². The molecule has 1 aliphatic heterocycles. The van der Waals surface area contributed by atoms with Crippen molar-refractivity contribution < 1.29 is 37.5 Å². The first-order chi connectivity index (χ1) is 14.0. The molecular weight excluding hydrogens is 409 g/mol. The number of benzene rings is 2. The highest BCUT2D eigenvalue weighted by Gasteiger charge is 2.72. The topological polar surface area (TPSA) is 119 Å². The predicted molar refractivity (Wildman–Crippen MR) is 95.9 cm³/mol. The number of carbonyl (C=O) groups excluding carboxylic acids is 2. The molecule has 0 fully saturated rings. The van der Waals surface area contributed by atoms with Gasteiger partial charge in [0.2, 0.25) is 0 Å². The van der Waals surface area contributed by atoms with Crippen molar-refractivity contribution in [1.82, 2.24) is 5.32 Å². The van der Waals surface area contributed by atoms with Crippen LogP contribution in [0.2, 0.25) is 0 Å². The highest BCUT2D eigenvalue weighted by molar-refractivity contribution is 6.11. The lowest BCUT2D eigenvalue weighted by molar-refractivity contribution is -0.388. The predicted octanol–water partition coefficient (Wildman–Crippen LogP) is 2.67. The molecule has 1 aliphatic carbocycles. The second-order valence-electron chi connectivity index (χ2n) is 6.48. The molecule has 158 valence electrons. The van der Waals surface area contributed by atoms with E-state index in [2.05, 4.69) is 5.32 Å². The summed E-state index contributed by atoms with van der Waals surface area (Å²) < 4.78 is 44.4. The first-order valence-electron chi connectivity index (χ1n) is 8.54. The van der Waals surface area contributed by atoms with Crippen LogP contribution in [0.5, 0.6) is 5.75 Å². The smallest absolute Gasteiger partial charge is 0.416 e. The molecule has 0 amide bonds. The number of nitrogens with one attached hydrogen (secondary N) is 1. The third-order valence-electron chi connectivity index (χ3n) is 5.02. The number of alkyl halides is 3. The summed E-state index contributed by atoms with van der Waals surface area (Å²) in [5.74, 6) is -3.67. The van der Waals surface area contributed by atoms with E-state index < -0.39 is 39.5 Å². The molecule has 1 heterocycles. The van der Waals surface area contributed by atoms with Gasteiger partial charge in [-0.05, 0) is 26.1 Å². The molecule has 0 saturated heterocycles. The van der Waals surface area contributed by atoms with Crippen LogP contribution in [-0.4, -0.2) is 29.1 Å². The SMILES string of the molecule is CC=O.CNC12C(=O)c3cccc([N+](=O)[O-])c3C1(O)Oc1cc(C(F)(F)F)ccc12. The third kappa shape index (κ3) is 2.62. The van der Waals surface area contributed by atoms with Crippen LogP contribution in [0.3, 0.4) is 0 Å². The van der Waals surface area contributed by atoms with E-state index in [1.54, 1.807) is 0 Å². The Morgan fingerprint density at radius 3 is 2.43 bits per heavy atom. The molecule has 0 spiro atoms. The Morgan fingerprint density at radius 2 is 1.90 bits per heavy atom. The van der Waals surface area contributed by atoms with Gasteiger partial charge in [0.1, 0.15) is 17.6 Å². The summed E-state index contributed by atoms with van der Waals surface area (Å²) in [6, 6.07) is 6.12. The fraction of sp³-hybridized carbons (Fsp3) is 0.263. The second-order valence-corrected chi connectivity index (χ2v) is 6.48. The molecule has 0 radical (unpaired) electrons. The Kier molecular flexibility index (Phi) is 4.91. The number of hydrogen-bond donors (Lipinski definition) is 2. The van der Waals surface area contributed by atoms with E-state index in [4.69, 9.17) is 9.53 Å². The van der Waals surface area contributed by atoms with E-state index in [9.17, 15) is 33.2 Å². The van der Waals surface area contributed by atoms with Crippen LogP contribution in [0, 0.1) is 10.1 Å². The second kappa shape index (κ2) is 6.89. The van der Waals surface area contributed by atoms with Gasteiger partial charge in [0.05, 0.1) is 10.5 Å². The van der Waals surface area contributed by atoms with Crippen molar-refractivity contribution in [3.63, 3.8) is 0 Å². The Balaban J connectivity index is 0.000000806. The fourth-order valence-electron chi connectivity index (χ4n) is 3.88. The van der Waals surface area contributed by atoms with Gasteiger partial charge >= 0.3 is 6.18 Å². The maximum atomic E-state index is 13.1. The van der Waals surface area contributed by atoms with Crippen LogP contribution in [0.15, 0.2) is 36.4 Å². The van der Waals surface area contributed by atoms with Gasteiger partial charge in [-0.1, -0.05) is 18.2 Å². The zero-order valence-electron chi connectivity index (χ0n) is 15.6. The molecule has 2 aromatic rings. The van der Waals surface area contributed by atoms with Crippen molar-refractivity contribution in [2.24, 2.45) is 0 Å². The maximum absolute atomic E-state index is 13.1. The number of likely N-dealkylation sites (N-methyl/N-ethyl adjacent to an activating group) is 1. The highest BCUT2D eigenvalue weighted by atomic mass is 19.4. The molecule has 11 heteroatoms. The zero-order valence-corrected chi connectivity index (χ0v) is 15.6. The molecule has 2 atom stereocenters. The quantitative estimate of drug-likeness (QED) is 0.432. The number of aldehydes is 1. The minimum Gasteiger partial charge on any atom is -0.455 e. The zero-order chi connectivity index (χ0) is 22.5. The van der Waals surface area contributed by atoms with E-state index >= 15 is 0 Å². The van der Waals surface area contributed by atoms with Crippen LogP contribution in [0.4, 0.5) is 18.9 Å². The minimum atomic E-state index is -4.67. The molecule has 0 saturated carbocycles. The lowest BCUT2D eigenvalue weighted by atomic mass is 9.83. The van der Waals surface area contributed by atoms with Crippen LogP contribution in [0.25, 0.3) is 0 Å². The summed E-state index contributed by atoms with van der Waals surface area (Å²) in [6.45, 7) is 1.44. The number of ether oxygens (including phenoxy) is 1. The van der Waals surface area contributed by atoms with Gasteiger partial charge < -0.3 is 14.6 Å². The molecule has 0 bridgehead atoms. The summed E-state index contributed by atoms with van der Waals surface area (Å²) in [7, 11) is 1.32. The van der Waals surface area contributed by atoms with Crippen molar-refractivity contribution in [1.29, 1.82) is 0 Å². The lowest BCUT2D eigenvalue weighted by Gasteiger charge is -2.32. The third-order valence-corrected chi connectivity index (χ3v) is 5.02. The van der Waals surface area contributed by atoms with Crippen molar-refractivity contribution in [2.75, 3.05) is 7.05 Å². The lowest BCUT2D eigenvalue weighted by Crippen LogP contribution is -2.57. The van der Waals surface area contributed by atoms with Crippen LogP contribution in [0.1, 0.15) is 34.0 Å². The number of aliphatic hydroxyl groups is 1. The summed E-state index contributed by atoms with van der Waals surface area (Å²) >= 11 is 0. The first kappa shape index (κ1) is 21.4. The number of nitrogens with zero attached hydrogens (tertiary/aromatic N) is 1. The van der Waals surface area contributed by atoms with Crippen LogP contribution < -0.4 is 10.1 Å². The van der Waals surface area contributed by atoms with E-state index in [0.717, 1.165) is 24.5 Å². The van der Waals surface area contributed by atoms with Crippen molar-refractivity contribution in [3.05, 3.63) is 68.8 Å². The Morgan fingerprint density at radius 1 is 1.27 bits per heavy atom. The first-order valence-corrected chi connectivity index (χ1v) is 8.54. The standard InChI is InChI=1S/C17H11F3N2O5.C2H4O/c1-21-15-10-6-5-8(17(18,19)20)7-12(10)27-16(15,24)13-9(14(15)23)3-2-4-11(13)22(25)26;1-2-3/h2-7,21,24H,1H3;2H,1H3. The number of nitro benzene ring substituents is 1. The Bertz CT molecular complexity index is 1070. The average Bonchev–Trinajstić information content (AvgIpc) is 3.04. The number of nitro groups is 1. The van der Waals surface area contributed by atoms with E-state index in [-0.39, 0.29) is 22.4 Å². The van der Waals surface area contributed by atoms with Crippen molar-refractivity contribution in [3.8, 4) is 5.75 Å². The maximum Gasteiger partial charge on any atom is 0.416 e. The Hall–Kier alpha value is -3.31. The summed E-state index contributed by atoms with van der Waals surface area (Å²) in [5, 5.41) is 25.3. The molecule has 4 rings (SSSR count). The summed E-state index contributed by atoms with van der Waals surface area (Å²) in [6.07, 6.45) is -3.92. The summed E-state index contributed by atoms with van der Waals surface area (Å²) in [5.41, 5.74) is -4.15. The molecule has 0 aromatic heterocycles.